The number of rotatable bonds is 5. The number of nitrogens with zero attached hydrogens (tertiary/aromatic N) is 2. The van der Waals surface area contributed by atoms with E-state index in [1.54, 1.807) is 0 Å². The van der Waals surface area contributed by atoms with Crippen molar-refractivity contribution in [2.45, 2.75) is 32.6 Å². The van der Waals surface area contributed by atoms with Gasteiger partial charge < -0.3 is 0 Å². The van der Waals surface area contributed by atoms with E-state index in [1.807, 2.05) is 6.92 Å². The van der Waals surface area contributed by atoms with Gasteiger partial charge in [-0.15, -0.1) is 12.3 Å². The van der Waals surface area contributed by atoms with Crippen LogP contribution in [0.2, 0.25) is 0 Å². The topological polar surface area (TPSA) is 65.5 Å². The van der Waals surface area contributed by atoms with Gasteiger partial charge in [0.2, 0.25) is 0 Å². The molecule has 4 nitrogen and oxygen atoms in total. The average Bonchev–Trinajstić information content (AvgIpc) is 2.37. The van der Waals surface area contributed by atoms with E-state index in [1.165, 1.54) is 17.0 Å². The molecule has 0 aromatic carbocycles. The second-order valence-electron chi connectivity index (χ2n) is 4.05. The molecule has 0 aliphatic rings. The Bertz CT molecular complexity index is 512. The van der Waals surface area contributed by atoms with Gasteiger partial charge in [-0.05, 0) is 12.8 Å². The van der Waals surface area contributed by atoms with Crippen LogP contribution in [0.5, 0.6) is 0 Å². The maximum atomic E-state index is 13.2. The van der Waals surface area contributed by atoms with E-state index >= 15 is 0 Å². The molecule has 1 aromatic heterocycles. The molecule has 1 rings (SSSR count). The Morgan fingerprint density at radius 1 is 1.61 bits per heavy atom. The van der Waals surface area contributed by atoms with Crippen molar-refractivity contribution in [1.82, 2.24) is 9.55 Å². The normalized spacial score (nSPS) is 11.8. The maximum Gasteiger partial charge on any atom is 0.255 e. The monoisotopic (exact) mass is 248 g/mol. The Balaban J connectivity index is 2.99. The van der Waals surface area contributed by atoms with Crippen LogP contribution in [-0.4, -0.2) is 15.4 Å². The molecular weight excluding hydrogens is 231 g/mol. The van der Waals surface area contributed by atoms with Gasteiger partial charge >= 0.3 is 0 Å². The lowest BCUT2D eigenvalue weighted by molar-refractivity contribution is 0.527. The summed E-state index contributed by atoms with van der Waals surface area (Å²) in [6.45, 7) is 2.02. The number of aromatic nitrogens is 2. The highest BCUT2D eigenvalue weighted by atomic mass is 19.1. The number of terminal acetylenes is 1. The van der Waals surface area contributed by atoms with Crippen molar-refractivity contribution >= 4 is 5.84 Å². The lowest BCUT2D eigenvalue weighted by Gasteiger charge is -2.18. The third-order valence-corrected chi connectivity index (χ3v) is 2.76. The van der Waals surface area contributed by atoms with Gasteiger partial charge in [-0.2, -0.15) is 4.39 Å². The Labute approximate surface area is 106 Å². The van der Waals surface area contributed by atoms with Crippen LogP contribution < -0.4 is 5.49 Å². The molecule has 0 fully saturated rings. The molecule has 0 spiro atoms. The molecule has 0 aliphatic carbocycles. The summed E-state index contributed by atoms with van der Waals surface area (Å²) in [4.78, 5) is 3.39. The predicted octanol–water partition coefficient (Wildman–Crippen LogP) is 2.16. The molecular formula is C13H17FN4. The first-order valence-corrected chi connectivity index (χ1v) is 5.91. The Morgan fingerprint density at radius 2 is 2.33 bits per heavy atom. The summed E-state index contributed by atoms with van der Waals surface area (Å²) >= 11 is 0. The smallest absolute Gasteiger partial charge is 0.255 e. The Hall–Kier alpha value is -1.96. The van der Waals surface area contributed by atoms with Crippen molar-refractivity contribution in [3.05, 3.63) is 23.8 Å². The van der Waals surface area contributed by atoms with Gasteiger partial charge in [0.05, 0.1) is 0 Å². The minimum Gasteiger partial charge on any atom is -0.288 e. The van der Waals surface area contributed by atoms with Crippen molar-refractivity contribution in [3.63, 3.8) is 0 Å². The summed E-state index contributed by atoms with van der Waals surface area (Å²) in [6.07, 6.45) is 10.9. The molecule has 0 bridgehead atoms. The zero-order chi connectivity index (χ0) is 13.5. The van der Waals surface area contributed by atoms with Crippen molar-refractivity contribution in [2.24, 2.45) is 5.92 Å². The van der Waals surface area contributed by atoms with Crippen LogP contribution >= 0.6 is 0 Å². The van der Waals surface area contributed by atoms with E-state index in [0.29, 0.717) is 12.8 Å². The highest BCUT2D eigenvalue weighted by Crippen LogP contribution is 2.15. The van der Waals surface area contributed by atoms with E-state index in [9.17, 15) is 4.39 Å². The summed E-state index contributed by atoms with van der Waals surface area (Å²) < 4.78 is 14.4. The van der Waals surface area contributed by atoms with Crippen molar-refractivity contribution in [3.8, 4) is 12.3 Å². The molecule has 0 aliphatic heterocycles. The van der Waals surface area contributed by atoms with Gasteiger partial charge in [-0.1, -0.05) is 13.3 Å². The van der Waals surface area contributed by atoms with E-state index in [4.69, 9.17) is 17.2 Å². The first kappa shape index (κ1) is 14.1. The van der Waals surface area contributed by atoms with Gasteiger partial charge in [-0.3, -0.25) is 15.4 Å². The van der Waals surface area contributed by atoms with E-state index in [0.717, 1.165) is 12.8 Å². The second-order valence-corrected chi connectivity index (χ2v) is 4.05. The maximum absolute atomic E-state index is 13.2. The number of nitrogens with one attached hydrogen (secondary N) is 2. The number of halogens is 1. The van der Waals surface area contributed by atoms with Gasteiger partial charge in [0.1, 0.15) is 5.84 Å². The molecule has 0 radical (unpaired) electrons. The standard InChI is InChI=1S/C13H17FN4/c1-3-5-7-10(6-4-2)12(15)18-9-8-17-11(14)13(18)16/h1,8-10,15-16H,4-7H2,2H3/t10-/m1/s1. The summed E-state index contributed by atoms with van der Waals surface area (Å²) in [5, 5.41) is 15.7. The fraction of sp³-hybridized carbons (Fsp3) is 0.462. The molecule has 0 unspecified atom stereocenters. The first-order valence-electron chi connectivity index (χ1n) is 5.91. The molecule has 2 N–H and O–H groups in total. The molecule has 5 heteroatoms. The van der Waals surface area contributed by atoms with E-state index in [-0.39, 0.29) is 17.2 Å². The predicted molar refractivity (Wildman–Crippen MR) is 67.6 cm³/mol. The van der Waals surface area contributed by atoms with Crippen LogP contribution in [0.3, 0.4) is 0 Å². The minimum absolute atomic E-state index is 0.0538. The largest absolute Gasteiger partial charge is 0.288 e. The molecule has 1 aromatic rings. The zero-order valence-electron chi connectivity index (χ0n) is 10.4. The van der Waals surface area contributed by atoms with Crippen LogP contribution in [0, 0.1) is 35.0 Å². The lowest BCUT2D eigenvalue weighted by Crippen LogP contribution is -2.33. The van der Waals surface area contributed by atoms with Crippen LogP contribution in [0.1, 0.15) is 32.6 Å². The van der Waals surface area contributed by atoms with Crippen molar-refractivity contribution < 1.29 is 4.39 Å². The summed E-state index contributed by atoms with van der Waals surface area (Å²) in [5.41, 5.74) is -0.385. The first-order chi connectivity index (χ1) is 8.61. The van der Waals surface area contributed by atoms with Gasteiger partial charge in [0, 0.05) is 24.7 Å². The summed E-state index contributed by atoms with van der Waals surface area (Å²) in [5.74, 6) is 1.84. The molecule has 18 heavy (non-hydrogen) atoms. The lowest BCUT2D eigenvalue weighted by atomic mass is 9.96. The van der Waals surface area contributed by atoms with Crippen LogP contribution in [0.25, 0.3) is 0 Å². The van der Waals surface area contributed by atoms with Crippen molar-refractivity contribution in [1.29, 1.82) is 10.8 Å². The van der Waals surface area contributed by atoms with Crippen LogP contribution in [0.4, 0.5) is 4.39 Å². The number of hydrogen-bond acceptors (Lipinski definition) is 3. The zero-order valence-corrected chi connectivity index (χ0v) is 10.4. The minimum atomic E-state index is -0.866. The third kappa shape index (κ3) is 3.27. The molecule has 0 amide bonds. The Kier molecular flexibility index (Phi) is 5.25. The molecule has 0 saturated carbocycles. The van der Waals surface area contributed by atoms with E-state index < -0.39 is 5.95 Å². The highest BCUT2D eigenvalue weighted by molar-refractivity contribution is 5.83. The fourth-order valence-electron chi connectivity index (χ4n) is 1.82. The molecule has 1 atom stereocenters. The van der Waals surface area contributed by atoms with Crippen LogP contribution in [0.15, 0.2) is 12.4 Å². The number of hydrogen-bond donors (Lipinski definition) is 2. The second kappa shape index (κ2) is 6.70. The summed E-state index contributed by atoms with van der Waals surface area (Å²) in [7, 11) is 0. The Morgan fingerprint density at radius 3 is 2.94 bits per heavy atom. The highest BCUT2D eigenvalue weighted by Gasteiger charge is 2.16. The SMILES string of the molecule is C#CCC[C@@H](CCC)C(=N)n1ccnc(F)c1=N. The summed E-state index contributed by atoms with van der Waals surface area (Å²) in [6, 6.07) is 0. The molecule has 1 heterocycles. The average molecular weight is 248 g/mol. The molecule has 96 valence electrons. The third-order valence-electron chi connectivity index (χ3n) is 2.76. The van der Waals surface area contributed by atoms with Crippen molar-refractivity contribution in [2.75, 3.05) is 0 Å². The quantitative estimate of drug-likeness (QED) is 0.468. The van der Waals surface area contributed by atoms with E-state index in [2.05, 4.69) is 10.9 Å². The van der Waals surface area contributed by atoms with Gasteiger partial charge in [0.15, 0.2) is 5.49 Å². The van der Waals surface area contributed by atoms with Gasteiger partial charge in [0.25, 0.3) is 5.95 Å². The fourth-order valence-corrected chi connectivity index (χ4v) is 1.82. The van der Waals surface area contributed by atoms with Gasteiger partial charge in [-0.25, -0.2) is 4.98 Å². The molecule has 0 saturated heterocycles. The van der Waals surface area contributed by atoms with Crippen LogP contribution in [-0.2, 0) is 0 Å².